The molecule has 0 aliphatic carbocycles. The number of benzene rings is 2. The minimum Gasteiger partial charge on any atom is -0.493 e. The summed E-state index contributed by atoms with van der Waals surface area (Å²) in [4.78, 5) is 27.2. The third-order valence-corrected chi connectivity index (χ3v) is 5.71. The third kappa shape index (κ3) is 4.60. The van der Waals surface area contributed by atoms with E-state index in [9.17, 15) is 9.59 Å². The summed E-state index contributed by atoms with van der Waals surface area (Å²) in [5.41, 5.74) is 2.74. The fraction of sp³-hybridized carbons (Fsp3) is 0.417. The molecule has 31 heavy (non-hydrogen) atoms. The minimum absolute atomic E-state index is 0.0249. The number of rotatable bonds is 6. The summed E-state index contributed by atoms with van der Waals surface area (Å²) < 4.78 is 22.0. The van der Waals surface area contributed by atoms with Gasteiger partial charge in [0, 0.05) is 37.9 Å². The molecule has 2 aliphatic heterocycles. The lowest BCUT2D eigenvalue weighted by atomic mass is 9.98. The maximum atomic E-state index is 12.8. The van der Waals surface area contributed by atoms with Gasteiger partial charge in [0.1, 0.15) is 0 Å². The van der Waals surface area contributed by atoms with E-state index >= 15 is 0 Å². The van der Waals surface area contributed by atoms with Crippen molar-refractivity contribution in [3.8, 4) is 23.0 Å². The zero-order valence-corrected chi connectivity index (χ0v) is 17.9. The Morgan fingerprint density at radius 1 is 0.935 bits per heavy atom. The van der Waals surface area contributed by atoms with Crippen LogP contribution in [0.3, 0.4) is 0 Å². The SMILES string of the molecule is COc1cc2c(cc1OC)CN(C(=O)CCC(=O)c1ccc3c(c1)OCCCO3)CC2. The molecule has 2 aliphatic rings. The molecule has 0 saturated carbocycles. The van der Waals surface area contributed by atoms with Gasteiger partial charge >= 0.3 is 0 Å². The maximum absolute atomic E-state index is 12.8. The zero-order valence-electron chi connectivity index (χ0n) is 17.9. The lowest BCUT2D eigenvalue weighted by Gasteiger charge is -2.29. The number of amides is 1. The number of nitrogens with zero attached hydrogens (tertiary/aromatic N) is 1. The van der Waals surface area contributed by atoms with Gasteiger partial charge < -0.3 is 23.8 Å². The quantitative estimate of drug-likeness (QED) is 0.661. The van der Waals surface area contributed by atoms with E-state index in [1.54, 1.807) is 37.3 Å². The lowest BCUT2D eigenvalue weighted by molar-refractivity contribution is -0.132. The summed E-state index contributed by atoms with van der Waals surface area (Å²) in [6.45, 7) is 2.30. The molecule has 0 N–H and O–H groups in total. The van der Waals surface area contributed by atoms with Gasteiger partial charge in [-0.1, -0.05) is 0 Å². The Labute approximate surface area is 181 Å². The molecule has 0 radical (unpaired) electrons. The molecular weight excluding hydrogens is 398 g/mol. The molecule has 0 spiro atoms. The van der Waals surface area contributed by atoms with Gasteiger partial charge in [-0.2, -0.15) is 0 Å². The van der Waals surface area contributed by atoms with E-state index in [1.165, 1.54) is 0 Å². The number of carbonyl (C=O) groups is 2. The molecule has 2 heterocycles. The first kappa shape index (κ1) is 21.0. The second-order valence-corrected chi connectivity index (χ2v) is 7.68. The smallest absolute Gasteiger partial charge is 0.223 e. The Morgan fingerprint density at radius 2 is 1.65 bits per heavy atom. The number of fused-ring (bicyclic) bond motifs is 2. The molecule has 164 valence electrons. The van der Waals surface area contributed by atoms with E-state index in [4.69, 9.17) is 18.9 Å². The molecule has 4 rings (SSSR count). The second kappa shape index (κ2) is 9.29. The molecule has 2 aromatic rings. The highest BCUT2D eigenvalue weighted by atomic mass is 16.5. The van der Waals surface area contributed by atoms with Gasteiger partial charge in [0.25, 0.3) is 0 Å². The number of methoxy groups -OCH3 is 2. The Bertz CT molecular complexity index is 986. The fourth-order valence-electron chi connectivity index (χ4n) is 3.96. The fourth-order valence-corrected chi connectivity index (χ4v) is 3.96. The molecule has 1 amide bonds. The molecule has 0 fully saturated rings. The van der Waals surface area contributed by atoms with E-state index < -0.39 is 0 Å². The molecule has 7 heteroatoms. The molecule has 0 bridgehead atoms. The maximum Gasteiger partial charge on any atom is 0.223 e. The number of hydrogen-bond acceptors (Lipinski definition) is 6. The van der Waals surface area contributed by atoms with Crippen LogP contribution in [0.5, 0.6) is 23.0 Å². The minimum atomic E-state index is -0.0761. The number of hydrogen-bond donors (Lipinski definition) is 0. The van der Waals surface area contributed by atoms with E-state index in [-0.39, 0.29) is 24.5 Å². The van der Waals surface area contributed by atoms with Crippen molar-refractivity contribution in [2.45, 2.75) is 32.2 Å². The van der Waals surface area contributed by atoms with Crippen LogP contribution in [0.4, 0.5) is 0 Å². The summed E-state index contributed by atoms with van der Waals surface area (Å²) in [6.07, 6.45) is 1.89. The Morgan fingerprint density at radius 3 is 2.39 bits per heavy atom. The normalized spacial score (nSPS) is 15.0. The molecule has 0 saturated heterocycles. The summed E-state index contributed by atoms with van der Waals surface area (Å²) in [6, 6.07) is 9.11. The van der Waals surface area contributed by atoms with Crippen LogP contribution in [0.15, 0.2) is 30.3 Å². The van der Waals surface area contributed by atoms with Crippen molar-refractivity contribution < 1.29 is 28.5 Å². The standard InChI is InChI=1S/C24H27NO6/c1-28-21-12-16-8-9-25(15-18(16)14-22(21)29-2)24(27)7-5-19(26)17-4-6-20-23(13-17)31-11-3-10-30-20/h4,6,12-14H,3,5,7-11,15H2,1-2H3. The summed E-state index contributed by atoms with van der Waals surface area (Å²) in [7, 11) is 3.21. The first-order chi connectivity index (χ1) is 15.1. The van der Waals surface area contributed by atoms with Crippen molar-refractivity contribution in [2.24, 2.45) is 0 Å². The van der Waals surface area contributed by atoms with Gasteiger partial charge in [-0.3, -0.25) is 9.59 Å². The van der Waals surface area contributed by atoms with Crippen LogP contribution in [-0.2, 0) is 17.8 Å². The summed E-state index contributed by atoms with van der Waals surface area (Å²) in [5.74, 6) is 2.49. The second-order valence-electron chi connectivity index (χ2n) is 7.68. The molecule has 2 aromatic carbocycles. The molecule has 0 atom stereocenters. The predicted molar refractivity (Wildman–Crippen MR) is 114 cm³/mol. The molecular formula is C24H27NO6. The Kier molecular flexibility index (Phi) is 6.30. The first-order valence-electron chi connectivity index (χ1n) is 10.5. The molecule has 7 nitrogen and oxygen atoms in total. The Balaban J connectivity index is 1.37. The van der Waals surface area contributed by atoms with Crippen LogP contribution in [-0.4, -0.2) is 50.6 Å². The van der Waals surface area contributed by atoms with E-state index in [1.807, 2.05) is 12.1 Å². The van der Waals surface area contributed by atoms with Gasteiger partial charge in [0.15, 0.2) is 28.8 Å². The van der Waals surface area contributed by atoms with E-state index in [2.05, 4.69) is 0 Å². The van der Waals surface area contributed by atoms with Crippen LogP contribution >= 0.6 is 0 Å². The lowest BCUT2D eigenvalue weighted by Crippen LogP contribution is -2.36. The summed E-state index contributed by atoms with van der Waals surface area (Å²) in [5, 5.41) is 0. The van der Waals surface area contributed by atoms with Gasteiger partial charge in [-0.05, 0) is 47.9 Å². The van der Waals surface area contributed by atoms with Crippen molar-refractivity contribution in [3.63, 3.8) is 0 Å². The molecule has 0 unspecified atom stereocenters. The van der Waals surface area contributed by atoms with Crippen molar-refractivity contribution in [1.82, 2.24) is 4.90 Å². The monoisotopic (exact) mass is 425 g/mol. The van der Waals surface area contributed by atoms with Gasteiger partial charge in [-0.15, -0.1) is 0 Å². The van der Waals surface area contributed by atoms with Gasteiger partial charge in [-0.25, -0.2) is 0 Å². The summed E-state index contributed by atoms with van der Waals surface area (Å²) >= 11 is 0. The average Bonchev–Trinajstić information content (AvgIpc) is 3.05. The van der Waals surface area contributed by atoms with Crippen LogP contribution in [0.2, 0.25) is 0 Å². The van der Waals surface area contributed by atoms with Gasteiger partial charge in [0.2, 0.25) is 5.91 Å². The molecule has 0 aromatic heterocycles. The number of Topliss-reactive ketones (excluding diaryl/α,β-unsaturated/α-hetero) is 1. The Hall–Kier alpha value is -3.22. The van der Waals surface area contributed by atoms with Crippen molar-refractivity contribution in [1.29, 1.82) is 0 Å². The van der Waals surface area contributed by atoms with Crippen LogP contribution in [0, 0.1) is 0 Å². The van der Waals surface area contributed by atoms with Crippen molar-refractivity contribution in [2.75, 3.05) is 34.0 Å². The van der Waals surface area contributed by atoms with Crippen LogP contribution < -0.4 is 18.9 Å². The predicted octanol–water partition coefficient (Wildman–Crippen LogP) is 3.41. The van der Waals surface area contributed by atoms with E-state index in [0.717, 1.165) is 24.0 Å². The highest BCUT2D eigenvalue weighted by Gasteiger charge is 2.23. The van der Waals surface area contributed by atoms with Crippen LogP contribution in [0.25, 0.3) is 0 Å². The van der Waals surface area contributed by atoms with Crippen LogP contribution in [0.1, 0.15) is 40.7 Å². The third-order valence-electron chi connectivity index (χ3n) is 5.71. The largest absolute Gasteiger partial charge is 0.493 e. The highest BCUT2D eigenvalue weighted by molar-refractivity contribution is 5.98. The van der Waals surface area contributed by atoms with Crippen molar-refractivity contribution >= 4 is 11.7 Å². The van der Waals surface area contributed by atoms with E-state index in [0.29, 0.717) is 54.9 Å². The zero-order chi connectivity index (χ0) is 21.8. The number of carbonyl (C=O) groups excluding carboxylic acids is 2. The topological polar surface area (TPSA) is 74.3 Å². The number of ether oxygens (including phenoxy) is 4. The first-order valence-corrected chi connectivity index (χ1v) is 10.5. The van der Waals surface area contributed by atoms with Gasteiger partial charge in [0.05, 0.1) is 27.4 Å². The average molecular weight is 425 g/mol. The highest BCUT2D eigenvalue weighted by Crippen LogP contribution is 2.34. The van der Waals surface area contributed by atoms with Crippen molar-refractivity contribution in [3.05, 3.63) is 47.0 Å². The number of ketones is 1.